The molecule has 0 aliphatic carbocycles. The SMILES string of the molecule is O=c1ncc(-c2ccc3c(c2)ncn3-c2ccccc2)cn1CCCN1CCCCC1. The van der Waals surface area contributed by atoms with Crippen LogP contribution in [0.1, 0.15) is 25.7 Å². The van der Waals surface area contributed by atoms with Crippen LogP contribution in [0.25, 0.3) is 27.8 Å². The predicted octanol–water partition coefficient (Wildman–Crippen LogP) is 4.13. The molecule has 158 valence electrons. The molecule has 4 aromatic rings. The first kappa shape index (κ1) is 19.7. The first-order chi connectivity index (χ1) is 15.3. The highest BCUT2D eigenvalue weighted by atomic mass is 16.1. The molecule has 1 aliphatic heterocycles. The van der Waals surface area contributed by atoms with Gasteiger partial charge in [0.2, 0.25) is 0 Å². The van der Waals surface area contributed by atoms with Gasteiger partial charge in [0.1, 0.15) is 6.33 Å². The van der Waals surface area contributed by atoms with E-state index in [9.17, 15) is 4.79 Å². The number of rotatable bonds is 6. The van der Waals surface area contributed by atoms with E-state index < -0.39 is 0 Å². The molecule has 0 radical (unpaired) electrons. The van der Waals surface area contributed by atoms with Crippen LogP contribution >= 0.6 is 0 Å². The number of para-hydroxylation sites is 1. The fourth-order valence-corrected chi connectivity index (χ4v) is 4.40. The van der Waals surface area contributed by atoms with Crippen molar-refractivity contribution in [2.75, 3.05) is 19.6 Å². The van der Waals surface area contributed by atoms with E-state index in [4.69, 9.17) is 0 Å². The van der Waals surface area contributed by atoms with Crippen LogP contribution in [0.5, 0.6) is 0 Å². The van der Waals surface area contributed by atoms with Crippen molar-refractivity contribution in [1.82, 2.24) is 24.0 Å². The summed E-state index contributed by atoms with van der Waals surface area (Å²) < 4.78 is 3.82. The average Bonchev–Trinajstić information content (AvgIpc) is 3.25. The molecule has 0 spiro atoms. The largest absolute Gasteiger partial charge is 0.347 e. The number of piperidine rings is 1. The molecule has 2 aromatic carbocycles. The summed E-state index contributed by atoms with van der Waals surface area (Å²) in [6, 6.07) is 16.4. The molecule has 5 rings (SSSR count). The summed E-state index contributed by atoms with van der Waals surface area (Å²) in [7, 11) is 0. The topological polar surface area (TPSA) is 56.0 Å². The Morgan fingerprint density at radius 1 is 0.871 bits per heavy atom. The van der Waals surface area contributed by atoms with Crippen LogP contribution in [0.2, 0.25) is 0 Å². The maximum absolute atomic E-state index is 12.3. The highest BCUT2D eigenvalue weighted by Crippen LogP contribution is 2.24. The van der Waals surface area contributed by atoms with Crippen molar-refractivity contribution in [3.63, 3.8) is 0 Å². The molecule has 1 saturated heterocycles. The van der Waals surface area contributed by atoms with Crippen molar-refractivity contribution in [3.05, 3.63) is 77.7 Å². The Morgan fingerprint density at radius 3 is 2.55 bits per heavy atom. The quantitative estimate of drug-likeness (QED) is 0.477. The maximum Gasteiger partial charge on any atom is 0.347 e. The standard InChI is InChI=1S/C25H27N5O/c31-25-26-17-21(18-29(25)15-7-14-28-12-5-2-6-13-28)20-10-11-24-23(16-20)27-19-30(24)22-8-3-1-4-9-22/h1,3-4,8-11,16-19H,2,5-7,12-15H2. The molecule has 0 bridgehead atoms. The first-order valence-electron chi connectivity index (χ1n) is 11.1. The minimum Gasteiger partial charge on any atom is -0.303 e. The van der Waals surface area contributed by atoms with Crippen molar-refractivity contribution in [1.29, 1.82) is 0 Å². The Morgan fingerprint density at radius 2 is 1.71 bits per heavy atom. The summed E-state index contributed by atoms with van der Waals surface area (Å²) in [6.07, 6.45) is 10.3. The van der Waals surface area contributed by atoms with Crippen LogP contribution in [0, 0.1) is 0 Å². The molecule has 0 amide bonds. The second kappa shape index (κ2) is 8.86. The summed E-state index contributed by atoms with van der Waals surface area (Å²) in [6.45, 7) is 4.10. The molecule has 1 aliphatic rings. The summed E-state index contributed by atoms with van der Waals surface area (Å²) in [5.74, 6) is 0. The number of aromatic nitrogens is 4. The van der Waals surface area contributed by atoms with Crippen molar-refractivity contribution in [2.45, 2.75) is 32.2 Å². The number of imidazole rings is 1. The van der Waals surface area contributed by atoms with Crippen LogP contribution in [0.4, 0.5) is 0 Å². The molecule has 3 heterocycles. The fraction of sp³-hybridized carbons (Fsp3) is 0.320. The lowest BCUT2D eigenvalue weighted by Crippen LogP contribution is -2.32. The van der Waals surface area contributed by atoms with Gasteiger partial charge in [-0.2, -0.15) is 0 Å². The van der Waals surface area contributed by atoms with E-state index in [-0.39, 0.29) is 5.69 Å². The third-order valence-corrected chi connectivity index (χ3v) is 6.09. The van der Waals surface area contributed by atoms with E-state index in [0.717, 1.165) is 40.8 Å². The van der Waals surface area contributed by atoms with E-state index in [1.165, 1.54) is 32.4 Å². The maximum atomic E-state index is 12.3. The zero-order chi connectivity index (χ0) is 21.0. The van der Waals surface area contributed by atoms with Gasteiger partial charge in [-0.25, -0.2) is 14.8 Å². The lowest BCUT2D eigenvalue weighted by molar-refractivity contribution is 0.222. The van der Waals surface area contributed by atoms with E-state index in [1.807, 2.05) is 30.7 Å². The Labute approximate surface area is 181 Å². The summed E-state index contributed by atoms with van der Waals surface area (Å²) >= 11 is 0. The van der Waals surface area contributed by atoms with E-state index in [2.05, 4.69) is 49.8 Å². The van der Waals surface area contributed by atoms with Crippen molar-refractivity contribution in [3.8, 4) is 16.8 Å². The van der Waals surface area contributed by atoms with Crippen molar-refractivity contribution in [2.24, 2.45) is 0 Å². The normalized spacial score (nSPS) is 14.8. The smallest absolute Gasteiger partial charge is 0.303 e. The highest BCUT2D eigenvalue weighted by Gasteiger charge is 2.11. The van der Waals surface area contributed by atoms with Gasteiger partial charge >= 0.3 is 5.69 Å². The lowest BCUT2D eigenvalue weighted by Gasteiger charge is -2.26. The van der Waals surface area contributed by atoms with E-state index in [0.29, 0.717) is 6.54 Å². The van der Waals surface area contributed by atoms with Gasteiger partial charge in [0.05, 0.1) is 11.0 Å². The molecular weight excluding hydrogens is 386 g/mol. The summed E-state index contributed by atoms with van der Waals surface area (Å²) in [4.78, 5) is 23.5. The second-order valence-electron chi connectivity index (χ2n) is 8.23. The molecule has 0 atom stereocenters. The molecule has 31 heavy (non-hydrogen) atoms. The van der Waals surface area contributed by atoms with E-state index in [1.54, 1.807) is 10.8 Å². The fourth-order valence-electron chi connectivity index (χ4n) is 4.40. The van der Waals surface area contributed by atoms with Crippen molar-refractivity contribution < 1.29 is 0 Å². The van der Waals surface area contributed by atoms with Gasteiger partial charge in [-0.15, -0.1) is 0 Å². The van der Waals surface area contributed by atoms with Gasteiger partial charge in [0.15, 0.2) is 0 Å². The van der Waals surface area contributed by atoms with Crippen LogP contribution in [0.15, 0.2) is 72.0 Å². The molecule has 2 aromatic heterocycles. The number of aryl methyl sites for hydroxylation is 1. The number of benzene rings is 2. The van der Waals surface area contributed by atoms with Crippen LogP contribution in [0.3, 0.4) is 0 Å². The lowest BCUT2D eigenvalue weighted by atomic mass is 10.1. The number of hydrogen-bond acceptors (Lipinski definition) is 4. The monoisotopic (exact) mass is 413 g/mol. The van der Waals surface area contributed by atoms with Gasteiger partial charge in [-0.3, -0.25) is 9.13 Å². The first-order valence-corrected chi connectivity index (χ1v) is 11.1. The molecule has 6 heteroatoms. The Kier molecular flexibility index (Phi) is 5.63. The third kappa shape index (κ3) is 4.30. The zero-order valence-corrected chi connectivity index (χ0v) is 17.7. The number of likely N-dealkylation sites (tertiary alicyclic amines) is 1. The molecule has 0 N–H and O–H groups in total. The van der Waals surface area contributed by atoms with Crippen LogP contribution < -0.4 is 5.69 Å². The Hall–Kier alpha value is -3.25. The minimum absolute atomic E-state index is 0.183. The van der Waals surface area contributed by atoms with E-state index >= 15 is 0 Å². The average molecular weight is 414 g/mol. The van der Waals surface area contributed by atoms with Crippen LogP contribution in [-0.4, -0.2) is 43.6 Å². The number of nitrogens with zero attached hydrogens (tertiary/aromatic N) is 5. The predicted molar refractivity (Wildman–Crippen MR) is 123 cm³/mol. The number of fused-ring (bicyclic) bond motifs is 1. The van der Waals surface area contributed by atoms with Gasteiger partial charge in [-0.1, -0.05) is 30.7 Å². The number of hydrogen-bond donors (Lipinski definition) is 0. The minimum atomic E-state index is -0.183. The second-order valence-corrected chi connectivity index (χ2v) is 8.23. The van der Waals surface area contributed by atoms with Crippen LogP contribution in [-0.2, 0) is 6.54 Å². The molecule has 0 unspecified atom stereocenters. The zero-order valence-electron chi connectivity index (χ0n) is 17.7. The molecule has 6 nitrogen and oxygen atoms in total. The third-order valence-electron chi connectivity index (χ3n) is 6.09. The van der Waals surface area contributed by atoms with Gasteiger partial charge in [0, 0.05) is 30.2 Å². The highest BCUT2D eigenvalue weighted by molar-refractivity contribution is 5.83. The summed E-state index contributed by atoms with van der Waals surface area (Å²) in [5, 5.41) is 0. The Bertz CT molecular complexity index is 1220. The molecular formula is C25H27N5O. The summed E-state index contributed by atoms with van der Waals surface area (Å²) in [5.41, 5.74) is 4.83. The van der Waals surface area contributed by atoms with Gasteiger partial charge < -0.3 is 4.90 Å². The van der Waals surface area contributed by atoms with Gasteiger partial charge in [-0.05, 0) is 68.7 Å². The molecule has 0 saturated carbocycles. The molecule has 1 fully saturated rings. The van der Waals surface area contributed by atoms with Crippen molar-refractivity contribution >= 4 is 11.0 Å². The Balaban J connectivity index is 1.36. The van der Waals surface area contributed by atoms with Gasteiger partial charge in [0.25, 0.3) is 0 Å².